The Kier molecular flexibility index (Phi) is 6.65. The molecule has 1 aliphatic heterocycles. The van der Waals surface area contributed by atoms with Gasteiger partial charge < -0.3 is 14.2 Å². The maximum Gasteiger partial charge on any atom is 0.354 e. The Labute approximate surface area is 150 Å². The molecule has 2 rings (SSSR count). The Bertz CT molecular complexity index is 712. The molecule has 0 bridgehead atoms. The highest BCUT2D eigenvalue weighted by Crippen LogP contribution is 2.20. The summed E-state index contributed by atoms with van der Waals surface area (Å²) in [6.07, 6.45) is 3.26. The molecule has 2 heterocycles. The van der Waals surface area contributed by atoms with Crippen molar-refractivity contribution in [3.05, 3.63) is 17.5 Å². The number of carbonyl (C=O) groups is 1. The fraction of sp³-hybridized carbons (Fsp3) is 0.706. The molecule has 1 atom stereocenters. The molecule has 1 fully saturated rings. The summed E-state index contributed by atoms with van der Waals surface area (Å²) in [6.45, 7) is 7.40. The number of carbonyl (C=O) groups excluding carboxylic acids is 1. The van der Waals surface area contributed by atoms with Crippen molar-refractivity contribution in [3.63, 3.8) is 0 Å². The van der Waals surface area contributed by atoms with Crippen LogP contribution in [-0.4, -0.2) is 57.1 Å². The fourth-order valence-electron chi connectivity index (χ4n) is 3.32. The number of esters is 1. The number of sulfonamides is 1. The molecule has 0 aliphatic carbocycles. The van der Waals surface area contributed by atoms with Crippen LogP contribution in [0.4, 0.5) is 0 Å². The second kappa shape index (κ2) is 8.33. The van der Waals surface area contributed by atoms with Crippen molar-refractivity contribution >= 4 is 16.0 Å². The van der Waals surface area contributed by atoms with Gasteiger partial charge in [-0.3, -0.25) is 0 Å². The lowest BCUT2D eigenvalue weighted by molar-refractivity contribution is 0.0589. The van der Waals surface area contributed by atoms with Crippen molar-refractivity contribution in [3.8, 4) is 0 Å². The van der Waals surface area contributed by atoms with Gasteiger partial charge in [-0.15, -0.1) is 0 Å². The highest BCUT2D eigenvalue weighted by Gasteiger charge is 2.24. The molecule has 1 aliphatic rings. The number of nitrogens with one attached hydrogen (secondary N) is 1. The number of rotatable bonds is 7. The van der Waals surface area contributed by atoms with Crippen LogP contribution in [0.5, 0.6) is 0 Å². The number of likely N-dealkylation sites (tertiary alicyclic amines) is 1. The fourth-order valence-corrected chi connectivity index (χ4v) is 4.68. The van der Waals surface area contributed by atoms with E-state index in [2.05, 4.69) is 16.5 Å². The molecular formula is C17H29N3O4S. The van der Waals surface area contributed by atoms with E-state index in [9.17, 15) is 13.2 Å². The quantitative estimate of drug-likeness (QED) is 0.581. The van der Waals surface area contributed by atoms with E-state index >= 15 is 0 Å². The van der Waals surface area contributed by atoms with Gasteiger partial charge in [-0.25, -0.2) is 17.9 Å². The van der Waals surface area contributed by atoms with Crippen molar-refractivity contribution in [1.29, 1.82) is 0 Å². The van der Waals surface area contributed by atoms with Crippen molar-refractivity contribution in [2.45, 2.75) is 38.0 Å². The second-order valence-electron chi connectivity index (χ2n) is 6.83. The van der Waals surface area contributed by atoms with Crippen LogP contribution >= 0.6 is 0 Å². The second-order valence-corrected chi connectivity index (χ2v) is 8.56. The third kappa shape index (κ3) is 4.83. The summed E-state index contributed by atoms with van der Waals surface area (Å²) in [6, 6.07) is 1.37. The van der Waals surface area contributed by atoms with Crippen molar-refractivity contribution in [1.82, 2.24) is 14.2 Å². The van der Waals surface area contributed by atoms with E-state index in [1.54, 1.807) is 14.0 Å². The first kappa shape index (κ1) is 19.9. The normalized spacial score (nSPS) is 19.1. The number of nitrogens with zero attached hydrogens (tertiary/aromatic N) is 2. The summed E-state index contributed by atoms with van der Waals surface area (Å²) in [7, 11) is -0.718. The first-order valence-corrected chi connectivity index (χ1v) is 10.2. The van der Waals surface area contributed by atoms with E-state index < -0.39 is 16.0 Å². The first-order chi connectivity index (χ1) is 11.8. The Morgan fingerprint density at radius 2 is 2.16 bits per heavy atom. The van der Waals surface area contributed by atoms with Gasteiger partial charge in [0.25, 0.3) is 0 Å². The smallest absolute Gasteiger partial charge is 0.354 e. The standard InChI is InChI=1S/C17H29N3O4S/c1-13-7-5-9-20(12-13)10-6-8-18-25(22,23)16-11-15(17(21)24-4)19(3)14(16)2/h11,13,18H,5-10,12H2,1-4H3/t13-/m1/s1. The molecule has 1 aromatic heterocycles. The van der Waals surface area contributed by atoms with Gasteiger partial charge in [-0.1, -0.05) is 6.92 Å². The van der Waals surface area contributed by atoms with Gasteiger partial charge in [0.05, 0.1) is 7.11 Å². The minimum atomic E-state index is -3.65. The lowest BCUT2D eigenvalue weighted by Gasteiger charge is -2.30. The summed E-state index contributed by atoms with van der Waals surface area (Å²) in [4.78, 5) is 14.2. The van der Waals surface area contributed by atoms with Gasteiger partial charge >= 0.3 is 5.97 Å². The molecule has 1 aromatic rings. The highest BCUT2D eigenvalue weighted by molar-refractivity contribution is 7.89. The number of aromatic nitrogens is 1. The number of hydrogen-bond donors (Lipinski definition) is 1. The lowest BCUT2D eigenvalue weighted by Crippen LogP contribution is -2.36. The monoisotopic (exact) mass is 371 g/mol. The maximum absolute atomic E-state index is 12.5. The average Bonchev–Trinajstić information content (AvgIpc) is 2.87. The summed E-state index contributed by atoms with van der Waals surface area (Å²) >= 11 is 0. The molecule has 25 heavy (non-hydrogen) atoms. The van der Waals surface area contributed by atoms with Crippen LogP contribution in [0.15, 0.2) is 11.0 Å². The summed E-state index contributed by atoms with van der Waals surface area (Å²) in [5.41, 5.74) is 0.737. The van der Waals surface area contributed by atoms with Crippen LogP contribution in [0.25, 0.3) is 0 Å². The van der Waals surface area contributed by atoms with Crippen molar-refractivity contribution in [2.75, 3.05) is 33.3 Å². The molecule has 1 saturated heterocycles. The highest BCUT2D eigenvalue weighted by atomic mass is 32.2. The SMILES string of the molecule is COC(=O)c1cc(S(=O)(=O)NCCCN2CCC[C@@H](C)C2)c(C)n1C. The minimum Gasteiger partial charge on any atom is -0.464 e. The average molecular weight is 372 g/mol. The van der Waals surface area contributed by atoms with Crippen LogP contribution in [0.3, 0.4) is 0 Å². The molecule has 0 unspecified atom stereocenters. The Balaban J connectivity index is 1.94. The molecule has 0 radical (unpaired) electrons. The molecule has 142 valence electrons. The third-order valence-corrected chi connectivity index (χ3v) is 6.43. The van der Waals surface area contributed by atoms with Crippen molar-refractivity contribution in [2.24, 2.45) is 13.0 Å². The molecular weight excluding hydrogens is 342 g/mol. The van der Waals surface area contributed by atoms with E-state index in [0.717, 1.165) is 26.1 Å². The van der Waals surface area contributed by atoms with E-state index in [-0.39, 0.29) is 10.6 Å². The molecule has 8 heteroatoms. The van der Waals surface area contributed by atoms with Gasteiger partial charge in [0.2, 0.25) is 10.0 Å². The summed E-state index contributed by atoms with van der Waals surface area (Å²) in [5.74, 6) is 0.167. The molecule has 0 spiro atoms. The van der Waals surface area contributed by atoms with Gasteiger partial charge in [0.1, 0.15) is 10.6 Å². The topological polar surface area (TPSA) is 80.6 Å². The molecule has 0 aromatic carbocycles. The Morgan fingerprint density at radius 1 is 1.44 bits per heavy atom. The van der Waals surface area contributed by atoms with Crippen molar-refractivity contribution < 1.29 is 17.9 Å². The summed E-state index contributed by atoms with van der Waals surface area (Å²) in [5, 5.41) is 0. The van der Waals surface area contributed by atoms with Gasteiger partial charge in [-0.05, 0) is 51.3 Å². The minimum absolute atomic E-state index is 0.127. The van der Waals surface area contributed by atoms with Crippen LogP contribution in [-0.2, 0) is 21.8 Å². The maximum atomic E-state index is 12.5. The molecule has 0 saturated carbocycles. The third-order valence-electron chi connectivity index (χ3n) is 4.86. The number of methoxy groups -OCH3 is 1. The van der Waals surface area contributed by atoms with Crippen LogP contribution in [0.1, 0.15) is 42.4 Å². The molecule has 0 amide bonds. The number of piperidine rings is 1. The predicted octanol–water partition coefficient (Wildman–Crippen LogP) is 1.52. The first-order valence-electron chi connectivity index (χ1n) is 8.73. The van der Waals surface area contributed by atoms with Crippen LogP contribution < -0.4 is 4.72 Å². The van der Waals surface area contributed by atoms with E-state index in [1.807, 2.05) is 0 Å². The zero-order valence-corrected chi connectivity index (χ0v) is 16.4. The Morgan fingerprint density at radius 3 is 2.80 bits per heavy atom. The number of hydrogen-bond acceptors (Lipinski definition) is 5. The van der Waals surface area contributed by atoms with Crippen LogP contribution in [0.2, 0.25) is 0 Å². The van der Waals surface area contributed by atoms with Gasteiger partial charge in [-0.2, -0.15) is 0 Å². The number of ether oxygens (including phenoxy) is 1. The summed E-state index contributed by atoms with van der Waals surface area (Å²) < 4.78 is 34.0. The largest absolute Gasteiger partial charge is 0.464 e. The molecule has 1 N–H and O–H groups in total. The zero-order chi connectivity index (χ0) is 18.6. The van der Waals surface area contributed by atoms with E-state index in [1.165, 1.54) is 30.6 Å². The van der Waals surface area contributed by atoms with E-state index in [0.29, 0.717) is 18.2 Å². The zero-order valence-electron chi connectivity index (χ0n) is 15.5. The Hall–Kier alpha value is -1.38. The van der Waals surface area contributed by atoms with Crippen LogP contribution in [0, 0.1) is 12.8 Å². The van der Waals surface area contributed by atoms with Gasteiger partial charge in [0, 0.05) is 25.8 Å². The predicted molar refractivity (Wildman–Crippen MR) is 96.1 cm³/mol. The van der Waals surface area contributed by atoms with Gasteiger partial charge in [0.15, 0.2) is 0 Å². The lowest BCUT2D eigenvalue weighted by atomic mass is 10.0. The molecule has 7 nitrogen and oxygen atoms in total. The van der Waals surface area contributed by atoms with E-state index in [4.69, 9.17) is 4.74 Å².